The Kier molecular flexibility index (Phi) is 3.46. The van der Waals surface area contributed by atoms with Crippen molar-refractivity contribution in [3.8, 4) is 0 Å². The minimum absolute atomic E-state index is 0.0115. The smallest absolute Gasteiger partial charge is 0.269 e. The van der Waals surface area contributed by atoms with E-state index in [0.29, 0.717) is 0 Å². The molecule has 6 heteroatoms. The van der Waals surface area contributed by atoms with E-state index in [1.54, 1.807) is 6.07 Å². The van der Waals surface area contributed by atoms with Gasteiger partial charge in [-0.15, -0.1) is 0 Å². The van der Waals surface area contributed by atoms with Gasteiger partial charge in [-0.2, -0.15) is 5.10 Å². The van der Waals surface area contributed by atoms with Crippen LogP contribution in [-0.2, 0) is 4.79 Å². The third-order valence-corrected chi connectivity index (χ3v) is 4.45. The van der Waals surface area contributed by atoms with Crippen molar-refractivity contribution in [3.05, 3.63) is 17.5 Å². The highest BCUT2D eigenvalue weighted by Crippen LogP contribution is 2.35. The van der Waals surface area contributed by atoms with Crippen LogP contribution in [0.1, 0.15) is 60.7 Å². The van der Waals surface area contributed by atoms with Crippen LogP contribution >= 0.6 is 0 Å². The Hall–Kier alpha value is -1.85. The molecule has 0 spiro atoms. The van der Waals surface area contributed by atoms with Gasteiger partial charge in [-0.1, -0.05) is 6.42 Å². The van der Waals surface area contributed by atoms with Gasteiger partial charge in [0.05, 0.1) is 11.7 Å². The highest BCUT2D eigenvalue weighted by Gasteiger charge is 2.35. The summed E-state index contributed by atoms with van der Waals surface area (Å²) >= 11 is 0. The summed E-state index contributed by atoms with van der Waals surface area (Å²) in [6.07, 6.45) is 6.23. The molecule has 0 radical (unpaired) electrons. The van der Waals surface area contributed by atoms with Crippen LogP contribution in [0.4, 0.5) is 0 Å². The molecule has 20 heavy (non-hydrogen) atoms. The lowest BCUT2D eigenvalue weighted by Gasteiger charge is -2.39. The molecule has 1 aromatic heterocycles. The van der Waals surface area contributed by atoms with E-state index in [0.717, 1.165) is 50.8 Å². The minimum Gasteiger partial charge on any atom is -0.364 e. The highest BCUT2D eigenvalue weighted by molar-refractivity contribution is 5.90. The van der Waals surface area contributed by atoms with Crippen LogP contribution < -0.4 is 5.73 Å². The first-order valence-corrected chi connectivity index (χ1v) is 7.32. The number of rotatable bonds is 3. The predicted molar refractivity (Wildman–Crippen MR) is 72.8 cm³/mol. The first kappa shape index (κ1) is 13.1. The molecule has 2 amide bonds. The summed E-state index contributed by atoms with van der Waals surface area (Å²) in [6, 6.07) is 1.69. The number of primary amides is 1. The number of nitrogens with one attached hydrogen (secondary N) is 1. The van der Waals surface area contributed by atoms with Crippen molar-refractivity contribution in [1.82, 2.24) is 15.1 Å². The van der Waals surface area contributed by atoms with Gasteiger partial charge in [-0.05, 0) is 38.2 Å². The second-order valence-electron chi connectivity index (χ2n) is 5.74. The Morgan fingerprint density at radius 1 is 1.25 bits per heavy atom. The normalized spacial score (nSPS) is 23.4. The summed E-state index contributed by atoms with van der Waals surface area (Å²) in [5.41, 5.74) is 6.29. The fraction of sp³-hybridized carbons (Fsp3) is 0.643. The molecule has 1 saturated carbocycles. The number of nitrogens with two attached hydrogens (primary N) is 1. The van der Waals surface area contributed by atoms with Gasteiger partial charge < -0.3 is 10.6 Å². The van der Waals surface area contributed by atoms with E-state index < -0.39 is 5.91 Å². The van der Waals surface area contributed by atoms with E-state index in [9.17, 15) is 9.59 Å². The standard InChI is InChI=1S/C14H20N4O2/c15-13(19)11-8-10(16-17-11)12-6-1-2-7-18(12)14(20)9-4-3-5-9/h8-9,12H,1-7H2,(H2,15,19)(H,16,17)/t12-/m1/s1. The van der Waals surface area contributed by atoms with E-state index in [1.165, 1.54) is 0 Å². The van der Waals surface area contributed by atoms with Crippen molar-refractivity contribution in [2.24, 2.45) is 11.7 Å². The second kappa shape index (κ2) is 5.26. The molecule has 3 N–H and O–H groups in total. The number of nitrogens with zero attached hydrogens (tertiary/aromatic N) is 2. The third-order valence-electron chi connectivity index (χ3n) is 4.45. The number of likely N-dealkylation sites (tertiary alicyclic amines) is 1. The van der Waals surface area contributed by atoms with Crippen molar-refractivity contribution in [2.75, 3.05) is 6.54 Å². The van der Waals surface area contributed by atoms with E-state index in [-0.39, 0.29) is 23.6 Å². The number of amides is 2. The van der Waals surface area contributed by atoms with Gasteiger partial charge in [0, 0.05) is 12.5 Å². The monoisotopic (exact) mass is 276 g/mol. The Labute approximate surface area is 117 Å². The van der Waals surface area contributed by atoms with Crippen molar-refractivity contribution in [2.45, 2.75) is 44.6 Å². The fourth-order valence-electron chi connectivity index (χ4n) is 3.04. The van der Waals surface area contributed by atoms with E-state index >= 15 is 0 Å². The molecule has 1 aliphatic heterocycles. The Morgan fingerprint density at radius 2 is 2.05 bits per heavy atom. The molecule has 0 aromatic carbocycles. The summed E-state index contributed by atoms with van der Waals surface area (Å²) in [5, 5.41) is 6.80. The molecular formula is C14H20N4O2. The lowest BCUT2D eigenvalue weighted by molar-refractivity contribution is -0.142. The van der Waals surface area contributed by atoms with Crippen LogP contribution in [0.5, 0.6) is 0 Å². The highest BCUT2D eigenvalue weighted by atomic mass is 16.2. The quantitative estimate of drug-likeness (QED) is 0.873. The third kappa shape index (κ3) is 2.30. The number of piperidine rings is 1. The molecule has 1 atom stereocenters. The van der Waals surface area contributed by atoms with E-state index in [1.807, 2.05) is 4.90 Å². The molecule has 2 heterocycles. The Bertz CT molecular complexity index is 521. The lowest BCUT2D eigenvalue weighted by atomic mass is 9.83. The molecule has 0 unspecified atom stereocenters. The Morgan fingerprint density at radius 3 is 2.65 bits per heavy atom. The van der Waals surface area contributed by atoms with Gasteiger partial charge in [-0.3, -0.25) is 14.7 Å². The second-order valence-corrected chi connectivity index (χ2v) is 5.74. The molecule has 2 aliphatic rings. The maximum absolute atomic E-state index is 12.5. The molecule has 1 aromatic rings. The van der Waals surface area contributed by atoms with Crippen molar-refractivity contribution >= 4 is 11.8 Å². The molecule has 0 bridgehead atoms. The molecule has 2 fully saturated rings. The summed E-state index contributed by atoms with van der Waals surface area (Å²) in [7, 11) is 0. The molecule has 6 nitrogen and oxygen atoms in total. The van der Waals surface area contributed by atoms with Crippen molar-refractivity contribution in [1.29, 1.82) is 0 Å². The van der Waals surface area contributed by atoms with Crippen molar-refractivity contribution in [3.63, 3.8) is 0 Å². The number of aromatic nitrogens is 2. The van der Waals surface area contributed by atoms with E-state index in [4.69, 9.17) is 5.73 Å². The SMILES string of the molecule is NC(=O)c1cc([C@H]2CCCCN2C(=O)C2CCC2)[nH]n1. The number of hydrogen-bond donors (Lipinski definition) is 2. The van der Waals surface area contributed by atoms with Crippen LogP contribution in [0.3, 0.4) is 0 Å². The van der Waals surface area contributed by atoms with Crippen LogP contribution in [0.15, 0.2) is 6.07 Å². The number of H-pyrrole nitrogens is 1. The van der Waals surface area contributed by atoms with Gasteiger partial charge in [0.2, 0.25) is 5.91 Å². The van der Waals surface area contributed by atoms with Crippen LogP contribution in [0, 0.1) is 5.92 Å². The number of carbonyl (C=O) groups excluding carboxylic acids is 2. The van der Waals surface area contributed by atoms with Crippen molar-refractivity contribution < 1.29 is 9.59 Å². The maximum atomic E-state index is 12.5. The number of hydrogen-bond acceptors (Lipinski definition) is 3. The molecule has 3 rings (SSSR count). The van der Waals surface area contributed by atoms with Crippen LogP contribution in [0.25, 0.3) is 0 Å². The predicted octanol–water partition coefficient (Wildman–Crippen LogP) is 1.36. The summed E-state index contributed by atoms with van der Waals surface area (Å²) in [4.78, 5) is 25.6. The first-order chi connectivity index (χ1) is 9.66. The van der Waals surface area contributed by atoms with Crippen LogP contribution in [-0.4, -0.2) is 33.5 Å². The van der Waals surface area contributed by atoms with Gasteiger partial charge in [0.25, 0.3) is 5.91 Å². The molecular weight excluding hydrogens is 256 g/mol. The molecule has 1 aliphatic carbocycles. The zero-order valence-electron chi connectivity index (χ0n) is 11.5. The van der Waals surface area contributed by atoms with Gasteiger partial charge in [0.1, 0.15) is 5.69 Å². The summed E-state index contributed by atoms with van der Waals surface area (Å²) < 4.78 is 0. The summed E-state index contributed by atoms with van der Waals surface area (Å²) in [5.74, 6) is -0.0783. The summed E-state index contributed by atoms with van der Waals surface area (Å²) in [6.45, 7) is 0.797. The van der Waals surface area contributed by atoms with Gasteiger partial charge >= 0.3 is 0 Å². The average Bonchev–Trinajstić information content (AvgIpc) is 2.86. The maximum Gasteiger partial charge on any atom is 0.269 e. The fourth-order valence-corrected chi connectivity index (χ4v) is 3.04. The van der Waals surface area contributed by atoms with Crippen LogP contribution in [0.2, 0.25) is 0 Å². The van der Waals surface area contributed by atoms with E-state index in [2.05, 4.69) is 10.2 Å². The Balaban J connectivity index is 1.80. The first-order valence-electron chi connectivity index (χ1n) is 7.32. The molecule has 108 valence electrons. The average molecular weight is 276 g/mol. The zero-order valence-corrected chi connectivity index (χ0v) is 11.5. The number of aromatic amines is 1. The minimum atomic E-state index is -0.542. The largest absolute Gasteiger partial charge is 0.364 e. The molecule has 1 saturated heterocycles. The number of carbonyl (C=O) groups is 2. The van der Waals surface area contributed by atoms with Gasteiger partial charge in [0.15, 0.2) is 0 Å². The lowest BCUT2D eigenvalue weighted by Crippen LogP contribution is -2.43. The topological polar surface area (TPSA) is 92.1 Å². The van der Waals surface area contributed by atoms with Gasteiger partial charge in [-0.25, -0.2) is 0 Å². The zero-order chi connectivity index (χ0) is 14.1.